The van der Waals surface area contributed by atoms with Gasteiger partial charge in [0.2, 0.25) is 5.91 Å². The SMILES string of the molecule is CC(C)N1C[C@@H](C(=O)OCC(=O)Nc2ccccc2C(=O)N[C@H](C)c2ccccc2)CC1=O. The van der Waals surface area contributed by atoms with Crippen LogP contribution < -0.4 is 10.6 Å². The Hall–Kier alpha value is -3.68. The first-order valence-electron chi connectivity index (χ1n) is 11.0. The van der Waals surface area contributed by atoms with Crippen LogP contribution in [0.4, 0.5) is 5.69 Å². The van der Waals surface area contributed by atoms with Crippen LogP contribution in [0.2, 0.25) is 0 Å². The van der Waals surface area contributed by atoms with Crippen molar-refractivity contribution in [2.24, 2.45) is 5.92 Å². The molecule has 1 aliphatic heterocycles. The molecule has 8 heteroatoms. The number of carbonyl (C=O) groups is 4. The topological polar surface area (TPSA) is 105 Å². The van der Waals surface area contributed by atoms with Gasteiger partial charge >= 0.3 is 5.97 Å². The molecule has 2 atom stereocenters. The quantitative estimate of drug-likeness (QED) is 0.601. The van der Waals surface area contributed by atoms with Crippen molar-refractivity contribution < 1.29 is 23.9 Å². The zero-order chi connectivity index (χ0) is 24.0. The lowest BCUT2D eigenvalue weighted by Crippen LogP contribution is -2.33. The highest BCUT2D eigenvalue weighted by Crippen LogP contribution is 2.22. The van der Waals surface area contributed by atoms with E-state index in [-0.39, 0.29) is 30.3 Å². The van der Waals surface area contributed by atoms with Gasteiger partial charge in [0.25, 0.3) is 11.8 Å². The van der Waals surface area contributed by atoms with Crippen molar-refractivity contribution in [3.05, 3.63) is 65.7 Å². The molecule has 3 rings (SSSR count). The number of hydrogen-bond donors (Lipinski definition) is 2. The summed E-state index contributed by atoms with van der Waals surface area (Å²) in [5.41, 5.74) is 1.58. The molecule has 0 unspecified atom stereocenters. The molecule has 2 aromatic carbocycles. The fraction of sp³-hybridized carbons (Fsp3) is 0.360. The molecule has 1 aliphatic rings. The van der Waals surface area contributed by atoms with E-state index in [1.807, 2.05) is 51.1 Å². The van der Waals surface area contributed by atoms with Crippen LogP contribution in [0, 0.1) is 5.92 Å². The number of nitrogens with zero attached hydrogens (tertiary/aromatic N) is 1. The Morgan fingerprint density at radius 3 is 2.36 bits per heavy atom. The van der Waals surface area contributed by atoms with Crippen molar-refractivity contribution in [2.75, 3.05) is 18.5 Å². The predicted octanol–water partition coefficient (Wildman–Crippen LogP) is 2.92. The van der Waals surface area contributed by atoms with E-state index in [1.54, 1.807) is 29.2 Å². The van der Waals surface area contributed by atoms with Gasteiger partial charge in [-0.15, -0.1) is 0 Å². The molecule has 1 fully saturated rings. The van der Waals surface area contributed by atoms with Crippen LogP contribution in [0.1, 0.15) is 49.2 Å². The third kappa shape index (κ3) is 6.19. The lowest BCUT2D eigenvalue weighted by atomic mass is 10.1. The van der Waals surface area contributed by atoms with E-state index in [9.17, 15) is 19.2 Å². The monoisotopic (exact) mass is 451 g/mol. The maximum atomic E-state index is 12.8. The average molecular weight is 452 g/mol. The number of hydrogen-bond acceptors (Lipinski definition) is 5. The molecule has 2 aromatic rings. The molecular weight excluding hydrogens is 422 g/mol. The lowest BCUT2D eigenvalue weighted by Gasteiger charge is -2.20. The molecule has 1 saturated heterocycles. The highest BCUT2D eigenvalue weighted by Gasteiger charge is 2.36. The Kier molecular flexibility index (Phi) is 7.82. The number of carbonyl (C=O) groups excluding carboxylic acids is 4. The van der Waals surface area contributed by atoms with Crippen LogP contribution in [0.15, 0.2) is 54.6 Å². The third-order valence-electron chi connectivity index (χ3n) is 5.55. The van der Waals surface area contributed by atoms with Gasteiger partial charge in [-0.2, -0.15) is 0 Å². The summed E-state index contributed by atoms with van der Waals surface area (Å²) in [5, 5.41) is 5.55. The number of likely N-dealkylation sites (tertiary alicyclic amines) is 1. The van der Waals surface area contributed by atoms with Crippen LogP contribution in [0.3, 0.4) is 0 Å². The summed E-state index contributed by atoms with van der Waals surface area (Å²) >= 11 is 0. The summed E-state index contributed by atoms with van der Waals surface area (Å²) in [6.07, 6.45) is 0.0846. The molecule has 8 nitrogen and oxygen atoms in total. The molecule has 33 heavy (non-hydrogen) atoms. The zero-order valence-electron chi connectivity index (χ0n) is 19.0. The molecule has 174 valence electrons. The molecular formula is C25H29N3O5. The maximum absolute atomic E-state index is 12.8. The number of amides is 3. The van der Waals surface area contributed by atoms with Crippen LogP contribution in [-0.4, -0.2) is 47.8 Å². The average Bonchev–Trinajstić information content (AvgIpc) is 3.20. The number of para-hydroxylation sites is 1. The Labute approximate surface area is 193 Å². The van der Waals surface area contributed by atoms with Crippen molar-refractivity contribution in [3.63, 3.8) is 0 Å². The number of anilines is 1. The summed E-state index contributed by atoms with van der Waals surface area (Å²) in [6.45, 7) is 5.43. The van der Waals surface area contributed by atoms with Crippen LogP contribution in [-0.2, 0) is 19.1 Å². The van der Waals surface area contributed by atoms with Gasteiger partial charge in [-0.05, 0) is 38.5 Å². The minimum absolute atomic E-state index is 0.00542. The highest BCUT2D eigenvalue weighted by molar-refractivity contribution is 6.04. The van der Waals surface area contributed by atoms with E-state index in [0.29, 0.717) is 17.8 Å². The standard InChI is InChI=1S/C25H29N3O5/c1-16(2)28-14-19(13-23(28)30)25(32)33-15-22(29)27-21-12-8-7-11-20(21)24(31)26-17(3)18-9-5-4-6-10-18/h4-12,16-17,19H,13-15H2,1-3H3,(H,26,31)(H,27,29)/t17-,19+/m1/s1. The first kappa shape index (κ1) is 24.0. The number of ether oxygens (including phenoxy) is 1. The van der Waals surface area contributed by atoms with E-state index in [2.05, 4.69) is 10.6 Å². The molecule has 1 heterocycles. The molecule has 0 aliphatic carbocycles. The van der Waals surface area contributed by atoms with Crippen molar-refractivity contribution in [1.82, 2.24) is 10.2 Å². The zero-order valence-corrected chi connectivity index (χ0v) is 19.0. The smallest absolute Gasteiger partial charge is 0.311 e. The summed E-state index contributed by atoms with van der Waals surface area (Å²) in [6, 6.07) is 16.0. The number of esters is 1. The fourth-order valence-electron chi connectivity index (χ4n) is 3.72. The van der Waals surface area contributed by atoms with Crippen molar-refractivity contribution >= 4 is 29.4 Å². The summed E-state index contributed by atoms with van der Waals surface area (Å²) in [5.74, 6) is -2.15. The van der Waals surface area contributed by atoms with E-state index in [4.69, 9.17) is 4.74 Å². The Morgan fingerprint density at radius 1 is 1.03 bits per heavy atom. The molecule has 2 N–H and O–H groups in total. The third-order valence-corrected chi connectivity index (χ3v) is 5.55. The molecule has 0 radical (unpaired) electrons. The van der Waals surface area contributed by atoms with Gasteiger partial charge in [0.15, 0.2) is 6.61 Å². The van der Waals surface area contributed by atoms with Crippen LogP contribution in [0.25, 0.3) is 0 Å². The Bertz CT molecular complexity index is 1020. The lowest BCUT2D eigenvalue weighted by molar-refractivity contribution is -0.151. The molecule has 0 bridgehead atoms. The van der Waals surface area contributed by atoms with Crippen molar-refractivity contribution in [3.8, 4) is 0 Å². The molecule has 0 saturated carbocycles. The number of benzene rings is 2. The van der Waals surface area contributed by atoms with E-state index in [1.165, 1.54) is 0 Å². The molecule has 0 spiro atoms. The van der Waals surface area contributed by atoms with Gasteiger partial charge in [0, 0.05) is 19.0 Å². The largest absolute Gasteiger partial charge is 0.455 e. The summed E-state index contributed by atoms with van der Waals surface area (Å²) in [7, 11) is 0. The fourth-order valence-corrected chi connectivity index (χ4v) is 3.72. The van der Waals surface area contributed by atoms with Gasteiger partial charge in [-0.25, -0.2) is 0 Å². The Morgan fingerprint density at radius 2 is 1.70 bits per heavy atom. The molecule has 3 amide bonds. The second-order valence-corrected chi connectivity index (χ2v) is 8.35. The van der Waals surface area contributed by atoms with Gasteiger partial charge in [-0.3, -0.25) is 19.2 Å². The summed E-state index contributed by atoms with van der Waals surface area (Å²) in [4.78, 5) is 51.1. The minimum Gasteiger partial charge on any atom is -0.455 e. The first-order valence-corrected chi connectivity index (χ1v) is 11.0. The van der Waals surface area contributed by atoms with Crippen LogP contribution in [0.5, 0.6) is 0 Å². The first-order chi connectivity index (χ1) is 15.8. The van der Waals surface area contributed by atoms with Crippen LogP contribution >= 0.6 is 0 Å². The highest BCUT2D eigenvalue weighted by atomic mass is 16.5. The van der Waals surface area contributed by atoms with E-state index in [0.717, 1.165) is 5.56 Å². The number of nitrogens with one attached hydrogen (secondary N) is 2. The maximum Gasteiger partial charge on any atom is 0.311 e. The van der Waals surface area contributed by atoms with E-state index < -0.39 is 24.4 Å². The summed E-state index contributed by atoms with van der Waals surface area (Å²) < 4.78 is 5.13. The number of rotatable bonds is 8. The van der Waals surface area contributed by atoms with E-state index >= 15 is 0 Å². The predicted molar refractivity (Wildman–Crippen MR) is 123 cm³/mol. The van der Waals surface area contributed by atoms with Gasteiger partial charge < -0.3 is 20.3 Å². The Balaban J connectivity index is 1.56. The normalized spacial score (nSPS) is 16.4. The van der Waals surface area contributed by atoms with Gasteiger partial charge in [0.1, 0.15) is 0 Å². The second kappa shape index (κ2) is 10.8. The minimum atomic E-state index is -0.579. The van der Waals surface area contributed by atoms with Crippen molar-refractivity contribution in [2.45, 2.75) is 39.3 Å². The van der Waals surface area contributed by atoms with Crippen molar-refractivity contribution in [1.29, 1.82) is 0 Å². The van der Waals surface area contributed by atoms with Gasteiger partial charge in [-0.1, -0.05) is 42.5 Å². The second-order valence-electron chi connectivity index (χ2n) is 8.35. The van der Waals surface area contributed by atoms with Gasteiger partial charge in [0.05, 0.1) is 23.2 Å². The molecule has 0 aromatic heterocycles.